The molecule has 0 aliphatic carbocycles. The molecule has 5 heteroatoms. The Labute approximate surface area is 153 Å². The lowest BCUT2D eigenvalue weighted by molar-refractivity contribution is -0.146. The molecule has 1 spiro atoms. The summed E-state index contributed by atoms with van der Waals surface area (Å²) >= 11 is 0. The first-order valence-electron chi connectivity index (χ1n) is 9.36. The van der Waals surface area contributed by atoms with Gasteiger partial charge >= 0.3 is 0 Å². The van der Waals surface area contributed by atoms with Crippen LogP contribution in [0.2, 0.25) is 0 Å². The quantitative estimate of drug-likeness (QED) is 0.837. The third-order valence-electron chi connectivity index (χ3n) is 5.75. The van der Waals surface area contributed by atoms with Gasteiger partial charge in [-0.2, -0.15) is 0 Å². The molecule has 2 aliphatic heterocycles. The third kappa shape index (κ3) is 3.28. The van der Waals surface area contributed by atoms with Crippen LogP contribution in [0.15, 0.2) is 40.8 Å². The first-order chi connectivity index (χ1) is 12.6. The number of rotatable bonds is 4. The molecular formula is C21H25FN2O2. The molecule has 2 aliphatic rings. The molecule has 1 amide bonds. The second-order valence-electron chi connectivity index (χ2n) is 7.68. The van der Waals surface area contributed by atoms with Crippen molar-refractivity contribution >= 4 is 5.91 Å². The fourth-order valence-electron chi connectivity index (χ4n) is 4.40. The Morgan fingerprint density at radius 2 is 1.96 bits per heavy atom. The highest BCUT2D eigenvalue weighted by Gasteiger charge is 2.48. The largest absolute Gasteiger partial charge is 0.465 e. The van der Waals surface area contributed by atoms with Crippen LogP contribution in [0.5, 0.6) is 0 Å². The van der Waals surface area contributed by atoms with Crippen molar-refractivity contribution in [2.75, 3.05) is 19.6 Å². The molecule has 2 saturated heterocycles. The van der Waals surface area contributed by atoms with E-state index >= 15 is 0 Å². The maximum atomic E-state index is 14.0. The maximum Gasteiger partial charge on any atom is 0.230 e. The monoisotopic (exact) mass is 356 g/mol. The molecule has 4 rings (SSSR count). The van der Waals surface area contributed by atoms with Crippen molar-refractivity contribution in [1.29, 1.82) is 0 Å². The van der Waals surface area contributed by atoms with Crippen LogP contribution in [-0.2, 0) is 17.9 Å². The van der Waals surface area contributed by atoms with E-state index in [0.29, 0.717) is 18.7 Å². The van der Waals surface area contributed by atoms with Crippen molar-refractivity contribution in [3.05, 3.63) is 59.3 Å². The van der Waals surface area contributed by atoms with E-state index in [9.17, 15) is 9.18 Å². The van der Waals surface area contributed by atoms with Gasteiger partial charge in [-0.1, -0.05) is 18.2 Å². The molecule has 1 aromatic heterocycles. The number of carbonyl (C=O) groups excluding carboxylic acids is 1. The van der Waals surface area contributed by atoms with Crippen LogP contribution in [0.3, 0.4) is 0 Å². The van der Waals surface area contributed by atoms with Crippen molar-refractivity contribution in [2.24, 2.45) is 5.41 Å². The standard InChI is InChI=1S/C21H25FN2O2/c1-16-7-8-18(26-16)14-23-12-10-21(15-23)9-4-11-24(20(21)25)13-17-5-2-3-6-19(17)22/h2-3,5-8H,4,9-15H2,1H3. The van der Waals surface area contributed by atoms with E-state index in [2.05, 4.69) is 4.90 Å². The summed E-state index contributed by atoms with van der Waals surface area (Å²) in [7, 11) is 0. The second kappa shape index (κ2) is 6.88. The van der Waals surface area contributed by atoms with Crippen LogP contribution >= 0.6 is 0 Å². The minimum atomic E-state index is -0.314. The van der Waals surface area contributed by atoms with E-state index in [1.54, 1.807) is 12.1 Å². The van der Waals surface area contributed by atoms with E-state index in [1.807, 2.05) is 30.0 Å². The Morgan fingerprint density at radius 1 is 1.12 bits per heavy atom. The molecule has 4 nitrogen and oxygen atoms in total. The van der Waals surface area contributed by atoms with Crippen molar-refractivity contribution in [1.82, 2.24) is 9.80 Å². The summed E-state index contributed by atoms with van der Waals surface area (Å²) in [6.07, 6.45) is 2.78. The summed E-state index contributed by atoms with van der Waals surface area (Å²) in [6.45, 7) is 5.44. The summed E-state index contributed by atoms with van der Waals surface area (Å²) in [6, 6.07) is 10.7. The van der Waals surface area contributed by atoms with E-state index in [1.165, 1.54) is 6.07 Å². The molecular weight excluding hydrogens is 331 g/mol. The predicted octanol–water partition coefficient (Wildman–Crippen LogP) is 3.74. The van der Waals surface area contributed by atoms with Gasteiger partial charge in [-0.05, 0) is 50.9 Å². The summed E-state index contributed by atoms with van der Waals surface area (Å²) in [5.74, 6) is 1.82. The molecule has 0 bridgehead atoms. The molecule has 0 radical (unpaired) electrons. The molecule has 0 N–H and O–H groups in total. The highest BCUT2D eigenvalue weighted by molar-refractivity contribution is 5.84. The first kappa shape index (κ1) is 17.3. The fraction of sp³-hybridized carbons (Fsp3) is 0.476. The van der Waals surface area contributed by atoms with Crippen LogP contribution in [0, 0.1) is 18.2 Å². The number of hydrogen-bond acceptors (Lipinski definition) is 3. The van der Waals surface area contributed by atoms with Gasteiger partial charge < -0.3 is 9.32 Å². The Morgan fingerprint density at radius 3 is 2.73 bits per heavy atom. The van der Waals surface area contributed by atoms with Gasteiger partial charge in [0.25, 0.3) is 0 Å². The maximum absolute atomic E-state index is 14.0. The molecule has 2 aromatic rings. The number of furan rings is 1. The summed E-state index contributed by atoms with van der Waals surface area (Å²) in [5, 5.41) is 0. The number of nitrogens with zero attached hydrogens (tertiary/aromatic N) is 2. The Hall–Kier alpha value is -2.14. The highest BCUT2D eigenvalue weighted by Crippen LogP contribution is 2.41. The normalized spacial score (nSPS) is 23.9. The number of aryl methyl sites for hydroxylation is 1. The fourth-order valence-corrected chi connectivity index (χ4v) is 4.40. The lowest BCUT2D eigenvalue weighted by Gasteiger charge is -2.39. The number of halogens is 1. The zero-order valence-corrected chi connectivity index (χ0v) is 15.2. The third-order valence-corrected chi connectivity index (χ3v) is 5.75. The van der Waals surface area contributed by atoms with E-state index in [-0.39, 0.29) is 17.1 Å². The molecule has 1 aromatic carbocycles. The lowest BCUT2D eigenvalue weighted by atomic mass is 9.78. The zero-order valence-electron chi connectivity index (χ0n) is 15.2. The number of likely N-dealkylation sites (tertiary alicyclic amines) is 2. The van der Waals surface area contributed by atoms with Crippen molar-refractivity contribution < 1.29 is 13.6 Å². The Kier molecular flexibility index (Phi) is 4.57. The van der Waals surface area contributed by atoms with Crippen molar-refractivity contribution in [2.45, 2.75) is 39.3 Å². The number of piperidine rings is 1. The Bertz CT molecular complexity index is 803. The molecule has 2 fully saturated rings. The number of hydrogen-bond donors (Lipinski definition) is 0. The van der Waals surface area contributed by atoms with Crippen LogP contribution < -0.4 is 0 Å². The van der Waals surface area contributed by atoms with Gasteiger partial charge in [-0.3, -0.25) is 9.69 Å². The van der Waals surface area contributed by atoms with Gasteiger partial charge in [-0.15, -0.1) is 0 Å². The van der Waals surface area contributed by atoms with Crippen LogP contribution in [0.4, 0.5) is 4.39 Å². The minimum Gasteiger partial charge on any atom is -0.465 e. The minimum absolute atomic E-state index is 0.185. The molecule has 26 heavy (non-hydrogen) atoms. The highest BCUT2D eigenvalue weighted by atomic mass is 19.1. The topological polar surface area (TPSA) is 36.7 Å². The van der Waals surface area contributed by atoms with Gasteiger partial charge in [0.05, 0.1) is 12.0 Å². The van der Waals surface area contributed by atoms with Crippen LogP contribution in [-0.4, -0.2) is 35.3 Å². The SMILES string of the molecule is Cc1ccc(CN2CCC3(CCCN(Cc4ccccc4F)C3=O)C2)o1. The summed E-state index contributed by atoms with van der Waals surface area (Å²) in [5.41, 5.74) is 0.282. The molecule has 1 atom stereocenters. The van der Waals surface area contributed by atoms with Gasteiger partial charge in [0.1, 0.15) is 17.3 Å². The summed E-state index contributed by atoms with van der Waals surface area (Å²) < 4.78 is 19.7. The molecule has 138 valence electrons. The number of benzene rings is 1. The molecule has 0 saturated carbocycles. The summed E-state index contributed by atoms with van der Waals surface area (Å²) in [4.78, 5) is 17.4. The number of carbonyl (C=O) groups is 1. The van der Waals surface area contributed by atoms with Crippen molar-refractivity contribution in [3.8, 4) is 0 Å². The second-order valence-corrected chi connectivity index (χ2v) is 7.68. The van der Waals surface area contributed by atoms with Gasteiger partial charge in [0.2, 0.25) is 5.91 Å². The van der Waals surface area contributed by atoms with Gasteiger partial charge in [0.15, 0.2) is 0 Å². The lowest BCUT2D eigenvalue weighted by Crippen LogP contribution is -2.49. The first-order valence-corrected chi connectivity index (χ1v) is 9.36. The van der Waals surface area contributed by atoms with E-state index in [0.717, 1.165) is 50.4 Å². The van der Waals surface area contributed by atoms with E-state index < -0.39 is 0 Å². The zero-order chi connectivity index (χ0) is 18.1. The average Bonchev–Trinajstić information content (AvgIpc) is 3.21. The van der Waals surface area contributed by atoms with Gasteiger partial charge in [-0.25, -0.2) is 4.39 Å². The smallest absolute Gasteiger partial charge is 0.230 e. The van der Waals surface area contributed by atoms with E-state index in [4.69, 9.17) is 4.42 Å². The van der Waals surface area contributed by atoms with Gasteiger partial charge in [0, 0.05) is 25.2 Å². The predicted molar refractivity (Wildman–Crippen MR) is 96.8 cm³/mol. The van der Waals surface area contributed by atoms with Crippen molar-refractivity contribution in [3.63, 3.8) is 0 Å². The Balaban J connectivity index is 1.45. The van der Waals surface area contributed by atoms with Crippen LogP contribution in [0.1, 0.15) is 36.3 Å². The number of amides is 1. The average molecular weight is 356 g/mol. The molecule has 1 unspecified atom stereocenters. The van der Waals surface area contributed by atoms with Crippen LogP contribution in [0.25, 0.3) is 0 Å². The molecule has 3 heterocycles.